The summed E-state index contributed by atoms with van der Waals surface area (Å²) in [4.78, 5) is 4.44. The molecule has 0 aliphatic rings. The van der Waals surface area contributed by atoms with Gasteiger partial charge in [-0.15, -0.1) is 0 Å². The lowest BCUT2D eigenvalue weighted by molar-refractivity contribution is 0.617. The molecule has 0 aliphatic heterocycles. The Morgan fingerprint density at radius 1 is 1.47 bits per heavy atom. The van der Waals surface area contributed by atoms with Crippen LogP contribution in [0.15, 0.2) is 18.3 Å². The molecule has 0 spiro atoms. The van der Waals surface area contributed by atoms with Gasteiger partial charge in [0.2, 0.25) is 0 Å². The van der Waals surface area contributed by atoms with Gasteiger partial charge in [-0.05, 0) is 18.1 Å². The highest BCUT2D eigenvalue weighted by Crippen LogP contribution is 2.20. The van der Waals surface area contributed by atoms with Gasteiger partial charge in [-0.3, -0.25) is 4.40 Å². The van der Waals surface area contributed by atoms with Crippen LogP contribution in [0.4, 0.5) is 4.39 Å². The summed E-state index contributed by atoms with van der Waals surface area (Å²) >= 11 is 0. The number of nitrogens with zero attached hydrogens (tertiary/aromatic N) is 2. The van der Waals surface area contributed by atoms with Crippen LogP contribution >= 0.6 is 0 Å². The molecule has 15 heavy (non-hydrogen) atoms. The number of hydrogen-bond acceptors (Lipinski definition) is 2. The van der Waals surface area contributed by atoms with Crippen molar-refractivity contribution < 1.29 is 4.39 Å². The summed E-state index contributed by atoms with van der Waals surface area (Å²) < 4.78 is 14.8. The van der Waals surface area contributed by atoms with E-state index in [4.69, 9.17) is 5.73 Å². The van der Waals surface area contributed by atoms with Gasteiger partial charge in [-0.1, -0.05) is 13.8 Å². The Hall–Kier alpha value is -1.42. The van der Waals surface area contributed by atoms with E-state index < -0.39 is 0 Å². The van der Waals surface area contributed by atoms with Gasteiger partial charge >= 0.3 is 0 Å². The Morgan fingerprint density at radius 3 is 2.80 bits per heavy atom. The zero-order valence-corrected chi connectivity index (χ0v) is 8.87. The van der Waals surface area contributed by atoms with Crippen molar-refractivity contribution >= 4 is 5.65 Å². The molecule has 3 nitrogen and oxygen atoms in total. The lowest BCUT2D eigenvalue weighted by Crippen LogP contribution is -2.05. The van der Waals surface area contributed by atoms with E-state index in [0.717, 1.165) is 17.0 Å². The zero-order chi connectivity index (χ0) is 11.0. The second kappa shape index (κ2) is 3.62. The largest absolute Gasteiger partial charge is 0.325 e. The van der Waals surface area contributed by atoms with Crippen molar-refractivity contribution in [2.24, 2.45) is 5.73 Å². The third-order valence-electron chi connectivity index (χ3n) is 2.45. The molecule has 2 rings (SSSR count). The van der Waals surface area contributed by atoms with Crippen LogP contribution in [0, 0.1) is 5.82 Å². The van der Waals surface area contributed by atoms with Gasteiger partial charge in [0.25, 0.3) is 0 Å². The number of fused-ring (bicyclic) bond motifs is 1. The first-order chi connectivity index (χ1) is 7.13. The number of aromatic nitrogens is 2. The lowest BCUT2D eigenvalue weighted by Gasteiger charge is -2.04. The average Bonchev–Trinajstić information content (AvgIpc) is 2.55. The van der Waals surface area contributed by atoms with Crippen LogP contribution < -0.4 is 5.73 Å². The van der Waals surface area contributed by atoms with Crippen LogP contribution in [0.1, 0.15) is 31.2 Å². The normalized spacial score (nSPS) is 11.5. The van der Waals surface area contributed by atoms with Crippen molar-refractivity contribution in [3.8, 4) is 0 Å². The molecule has 2 heterocycles. The Bertz CT molecular complexity index is 488. The molecule has 0 aliphatic carbocycles. The zero-order valence-electron chi connectivity index (χ0n) is 8.87. The molecule has 0 radical (unpaired) electrons. The van der Waals surface area contributed by atoms with Crippen LogP contribution in [0.3, 0.4) is 0 Å². The standard InChI is InChI=1S/C11H14FN3/c1-7(2)11-9(5-13)15-6-8(12)3-4-10(15)14-11/h3-4,6-7H,5,13H2,1-2H3. The third-order valence-corrected chi connectivity index (χ3v) is 2.45. The molecule has 0 saturated carbocycles. The van der Waals surface area contributed by atoms with Gasteiger partial charge in [0.15, 0.2) is 0 Å². The molecule has 0 atom stereocenters. The highest BCUT2D eigenvalue weighted by Gasteiger charge is 2.13. The molecule has 0 fully saturated rings. The molecular weight excluding hydrogens is 193 g/mol. The molecule has 2 aromatic rings. The summed E-state index contributed by atoms with van der Waals surface area (Å²) in [5, 5.41) is 0. The summed E-state index contributed by atoms with van der Waals surface area (Å²) in [6.45, 7) is 4.48. The van der Waals surface area contributed by atoms with E-state index in [1.165, 1.54) is 12.3 Å². The maximum absolute atomic E-state index is 13.1. The molecule has 2 aromatic heterocycles. The Morgan fingerprint density at radius 2 is 2.20 bits per heavy atom. The number of nitrogens with two attached hydrogens (primary N) is 1. The highest BCUT2D eigenvalue weighted by molar-refractivity contribution is 5.44. The SMILES string of the molecule is CC(C)c1nc2ccc(F)cn2c1CN. The Labute approximate surface area is 87.7 Å². The number of pyridine rings is 1. The summed E-state index contributed by atoms with van der Waals surface area (Å²) in [5.74, 6) is 0.0245. The van der Waals surface area contributed by atoms with Gasteiger partial charge in [-0.25, -0.2) is 9.37 Å². The second-order valence-electron chi connectivity index (χ2n) is 3.88. The summed E-state index contributed by atoms with van der Waals surface area (Å²) in [6, 6.07) is 3.08. The van der Waals surface area contributed by atoms with Gasteiger partial charge in [0.05, 0.1) is 11.4 Å². The van der Waals surface area contributed by atoms with Crippen LogP contribution in [0.2, 0.25) is 0 Å². The first kappa shape index (κ1) is 10.1. The Kier molecular flexibility index (Phi) is 2.44. The first-order valence-electron chi connectivity index (χ1n) is 5.00. The lowest BCUT2D eigenvalue weighted by atomic mass is 10.1. The monoisotopic (exact) mass is 207 g/mol. The Balaban J connectivity index is 2.74. The number of halogens is 1. The van der Waals surface area contributed by atoms with Crippen LogP contribution in [0.5, 0.6) is 0 Å². The fourth-order valence-electron chi connectivity index (χ4n) is 1.75. The van der Waals surface area contributed by atoms with Crippen molar-refractivity contribution in [1.29, 1.82) is 0 Å². The van der Waals surface area contributed by atoms with Crippen molar-refractivity contribution in [2.75, 3.05) is 0 Å². The van der Waals surface area contributed by atoms with E-state index in [-0.39, 0.29) is 5.82 Å². The van der Waals surface area contributed by atoms with Crippen LogP contribution in [-0.4, -0.2) is 9.38 Å². The molecule has 0 aromatic carbocycles. The quantitative estimate of drug-likeness (QED) is 0.819. The van der Waals surface area contributed by atoms with Gasteiger partial charge in [0.1, 0.15) is 11.5 Å². The molecule has 0 saturated heterocycles. The minimum Gasteiger partial charge on any atom is -0.325 e. The first-order valence-corrected chi connectivity index (χ1v) is 5.00. The van der Waals surface area contributed by atoms with E-state index in [0.29, 0.717) is 12.5 Å². The van der Waals surface area contributed by atoms with E-state index in [1.54, 1.807) is 10.5 Å². The molecule has 80 valence electrons. The smallest absolute Gasteiger partial charge is 0.139 e. The van der Waals surface area contributed by atoms with Crippen LogP contribution in [-0.2, 0) is 6.54 Å². The third kappa shape index (κ3) is 1.61. The molecular formula is C11H14FN3. The average molecular weight is 207 g/mol. The fraction of sp³-hybridized carbons (Fsp3) is 0.364. The number of rotatable bonds is 2. The predicted molar refractivity (Wildman–Crippen MR) is 57.1 cm³/mol. The van der Waals surface area contributed by atoms with Gasteiger partial charge < -0.3 is 5.73 Å². The van der Waals surface area contributed by atoms with E-state index >= 15 is 0 Å². The molecule has 0 bridgehead atoms. The van der Waals surface area contributed by atoms with Crippen molar-refractivity contribution in [2.45, 2.75) is 26.3 Å². The number of imidazole rings is 1. The van der Waals surface area contributed by atoms with Gasteiger partial charge in [-0.2, -0.15) is 0 Å². The van der Waals surface area contributed by atoms with Crippen molar-refractivity contribution in [3.05, 3.63) is 35.5 Å². The highest BCUT2D eigenvalue weighted by atomic mass is 19.1. The summed E-state index contributed by atoms with van der Waals surface area (Å²) in [5.41, 5.74) is 8.25. The number of hydrogen-bond donors (Lipinski definition) is 1. The van der Waals surface area contributed by atoms with Crippen LogP contribution in [0.25, 0.3) is 5.65 Å². The minimum absolute atomic E-state index is 0.273. The maximum Gasteiger partial charge on any atom is 0.139 e. The predicted octanol–water partition coefficient (Wildman–Crippen LogP) is 2.06. The molecule has 2 N–H and O–H groups in total. The van der Waals surface area contributed by atoms with E-state index in [2.05, 4.69) is 18.8 Å². The molecule has 4 heteroatoms. The minimum atomic E-state index is -0.273. The second-order valence-corrected chi connectivity index (χ2v) is 3.88. The molecule has 0 amide bonds. The van der Waals surface area contributed by atoms with E-state index in [9.17, 15) is 4.39 Å². The fourth-order valence-corrected chi connectivity index (χ4v) is 1.75. The summed E-state index contributed by atoms with van der Waals surface area (Å²) in [6.07, 6.45) is 1.43. The molecule has 0 unspecified atom stereocenters. The summed E-state index contributed by atoms with van der Waals surface area (Å²) in [7, 11) is 0. The van der Waals surface area contributed by atoms with E-state index in [1.807, 2.05) is 0 Å². The van der Waals surface area contributed by atoms with Gasteiger partial charge in [0, 0.05) is 12.7 Å². The van der Waals surface area contributed by atoms with Crippen molar-refractivity contribution in [1.82, 2.24) is 9.38 Å². The maximum atomic E-state index is 13.1. The van der Waals surface area contributed by atoms with Crippen molar-refractivity contribution in [3.63, 3.8) is 0 Å². The topological polar surface area (TPSA) is 43.3 Å².